The average Bonchev–Trinajstić information content (AvgIpc) is 2.37. The highest BCUT2D eigenvalue weighted by atomic mass is 16.5. The Labute approximate surface area is 98.8 Å². The van der Waals surface area contributed by atoms with Crippen molar-refractivity contribution in [2.24, 2.45) is 0 Å². The lowest BCUT2D eigenvalue weighted by atomic mass is 10.1. The Hall–Kier alpha value is -1.66. The molecule has 0 aromatic carbocycles. The van der Waals surface area contributed by atoms with Gasteiger partial charge in [0.1, 0.15) is 6.10 Å². The molecule has 6 heteroatoms. The van der Waals surface area contributed by atoms with Gasteiger partial charge in [-0.05, 0) is 13.0 Å². The zero-order valence-corrected chi connectivity index (χ0v) is 9.66. The van der Waals surface area contributed by atoms with E-state index >= 15 is 0 Å². The topological polar surface area (TPSA) is 88.9 Å². The number of carbonyl (C=O) groups is 1. The Morgan fingerprint density at radius 1 is 1.47 bits per heavy atom. The largest absolute Gasteiger partial charge is 0.481 e. The number of hydrogen-bond donors (Lipinski definition) is 2. The molecular formula is C11H15NO5. The number of aliphatic hydroxyl groups is 2. The summed E-state index contributed by atoms with van der Waals surface area (Å²) in [7, 11) is 1.46. The van der Waals surface area contributed by atoms with Gasteiger partial charge >= 0.3 is 5.97 Å². The van der Waals surface area contributed by atoms with Gasteiger partial charge in [-0.3, -0.25) is 0 Å². The summed E-state index contributed by atoms with van der Waals surface area (Å²) in [5, 5.41) is 19.2. The van der Waals surface area contributed by atoms with Crippen molar-refractivity contribution in [3.05, 3.63) is 23.9 Å². The summed E-state index contributed by atoms with van der Waals surface area (Å²) in [5.74, 6) is -0.484. The van der Waals surface area contributed by atoms with E-state index in [0.717, 1.165) is 0 Å². The lowest BCUT2D eigenvalue weighted by Crippen LogP contribution is -2.29. The molecule has 0 radical (unpaired) electrons. The Kier molecular flexibility index (Phi) is 4.86. The van der Waals surface area contributed by atoms with Gasteiger partial charge in [0.05, 0.1) is 13.7 Å². The fourth-order valence-electron chi connectivity index (χ4n) is 1.23. The number of pyridine rings is 1. The van der Waals surface area contributed by atoms with Crippen LogP contribution in [0.2, 0.25) is 0 Å². The molecule has 2 unspecified atom stereocenters. The second-order valence-electron chi connectivity index (χ2n) is 3.28. The number of methoxy groups -OCH3 is 1. The highest BCUT2D eigenvalue weighted by Gasteiger charge is 2.27. The van der Waals surface area contributed by atoms with Gasteiger partial charge in [-0.2, -0.15) is 0 Å². The quantitative estimate of drug-likeness (QED) is 0.708. The number of esters is 1. The summed E-state index contributed by atoms with van der Waals surface area (Å²) in [4.78, 5) is 15.1. The van der Waals surface area contributed by atoms with Crippen LogP contribution in [0, 0.1) is 0 Å². The van der Waals surface area contributed by atoms with Crippen LogP contribution in [0.25, 0.3) is 0 Å². The molecule has 94 valence electrons. The van der Waals surface area contributed by atoms with E-state index in [1.165, 1.54) is 25.4 Å². The Bertz CT molecular complexity index is 365. The molecule has 0 spiro atoms. The van der Waals surface area contributed by atoms with E-state index in [-0.39, 0.29) is 6.61 Å². The molecule has 0 saturated carbocycles. The minimum absolute atomic E-state index is 0.142. The van der Waals surface area contributed by atoms with Crippen LogP contribution in [0.3, 0.4) is 0 Å². The minimum atomic E-state index is -1.62. The first-order valence-electron chi connectivity index (χ1n) is 5.12. The number of ether oxygens (including phenoxy) is 2. The van der Waals surface area contributed by atoms with Crippen LogP contribution in [0.1, 0.15) is 18.6 Å². The summed E-state index contributed by atoms with van der Waals surface area (Å²) in [6, 6.07) is 3.04. The maximum absolute atomic E-state index is 11.2. The highest BCUT2D eigenvalue weighted by molar-refractivity contribution is 5.75. The summed E-state index contributed by atoms with van der Waals surface area (Å²) < 4.78 is 9.45. The summed E-state index contributed by atoms with van der Waals surface area (Å²) in [6.45, 7) is 1.76. The molecule has 2 N–H and O–H groups in total. The molecule has 1 rings (SSSR count). The average molecular weight is 241 g/mol. The predicted octanol–water partition coefficient (Wildman–Crippen LogP) is 0.0476. The van der Waals surface area contributed by atoms with Crippen LogP contribution >= 0.6 is 0 Å². The van der Waals surface area contributed by atoms with Crippen LogP contribution in [0.5, 0.6) is 5.88 Å². The number of rotatable bonds is 5. The zero-order chi connectivity index (χ0) is 12.8. The molecule has 1 heterocycles. The van der Waals surface area contributed by atoms with E-state index in [1.807, 2.05) is 0 Å². The van der Waals surface area contributed by atoms with Crippen LogP contribution in [0.4, 0.5) is 0 Å². The molecular weight excluding hydrogens is 226 g/mol. The molecule has 0 aliphatic heterocycles. The van der Waals surface area contributed by atoms with E-state index in [4.69, 9.17) is 4.74 Å². The van der Waals surface area contributed by atoms with Crippen molar-refractivity contribution in [3.63, 3.8) is 0 Å². The Morgan fingerprint density at radius 3 is 2.65 bits per heavy atom. The molecule has 0 aliphatic rings. The van der Waals surface area contributed by atoms with Crippen LogP contribution in [-0.2, 0) is 9.53 Å². The smallest absolute Gasteiger partial charge is 0.338 e. The molecule has 0 bridgehead atoms. The van der Waals surface area contributed by atoms with Crippen LogP contribution < -0.4 is 4.74 Å². The molecule has 0 amide bonds. The second-order valence-corrected chi connectivity index (χ2v) is 3.28. The molecule has 1 aromatic heterocycles. The number of carbonyl (C=O) groups excluding carboxylic acids is 1. The van der Waals surface area contributed by atoms with Gasteiger partial charge in [-0.1, -0.05) is 0 Å². The van der Waals surface area contributed by atoms with Crippen molar-refractivity contribution in [2.75, 3.05) is 13.7 Å². The second kappa shape index (κ2) is 6.17. The van der Waals surface area contributed by atoms with Crippen LogP contribution in [-0.4, -0.2) is 41.0 Å². The Morgan fingerprint density at radius 2 is 2.18 bits per heavy atom. The number of nitrogens with zero attached hydrogens (tertiary/aromatic N) is 1. The van der Waals surface area contributed by atoms with Gasteiger partial charge in [0.2, 0.25) is 5.88 Å². The minimum Gasteiger partial charge on any atom is -0.481 e. The fraction of sp³-hybridized carbons (Fsp3) is 0.455. The van der Waals surface area contributed by atoms with Gasteiger partial charge in [-0.15, -0.1) is 0 Å². The first-order chi connectivity index (χ1) is 8.10. The summed E-state index contributed by atoms with van der Waals surface area (Å²) in [6.07, 6.45) is -1.66. The SMILES string of the molecule is CCOC(=O)C(O)C(O)c1ccc(OC)nc1. The molecule has 2 atom stereocenters. The van der Waals surface area contributed by atoms with Crippen molar-refractivity contribution < 1.29 is 24.5 Å². The van der Waals surface area contributed by atoms with Gasteiger partial charge in [0.15, 0.2) is 6.10 Å². The van der Waals surface area contributed by atoms with Gasteiger partial charge in [0, 0.05) is 17.8 Å². The van der Waals surface area contributed by atoms with Crippen molar-refractivity contribution in [1.29, 1.82) is 0 Å². The standard InChI is InChI=1S/C11H15NO5/c1-3-17-11(15)10(14)9(13)7-4-5-8(16-2)12-6-7/h4-6,9-10,13-14H,3H2,1-2H3. The molecule has 0 aliphatic carbocycles. The van der Waals surface area contributed by atoms with Gasteiger partial charge in [0.25, 0.3) is 0 Å². The molecule has 17 heavy (non-hydrogen) atoms. The van der Waals surface area contributed by atoms with Crippen molar-refractivity contribution in [2.45, 2.75) is 19.1 Å². The zero-order valence-electron chi connectivity index (χ0n) is 9.66. The molecule has 1 aromatic rings. The molecule has 6 nitrogen and oxygen atoms in total. The normalized spacial score (nSPS) is 13.9. The first-order valence-corrected chi connectivity index (χ1v) is 5.12. The van der Waals surface area contributed by atoms with E-state index in [0.29, 0.717) is 11.4 Å². The molecule has 0 fully saturated rings. The number of aromatic nitrogens is 1. The third-order valence-electron chi connectivity index (χ3n) is 2.14. The first kappa shape index (κ1) is 13.4. The maximum Gasteiger partial charge on any atom is 0.338 e. The summed E-state index contributed by atoms with van der Waals surface area (Å²) >= 11 is 0. The fourth-order valence-corrected chi connectivity index (χ4v) is 1.23. The van der Waals surface area contributed by atoms with Crippen molar-refractivity contribution in [1.82, 2.24) is 4.98 Å². The van der Waals surface area contributed by atoms with Crippen molar-refractivity contribution >= 4 is 5.97 Å². The van der Waals surface area contributed by atoms with E-state index < -0.39 is 18.2 Å². The third kappa shape index (κ3) is 3.40. The summed E-state index contributed by atoms with van der Waals surface area (Å²) in [5.41, 5.74) is 0.311. The molecule has 0 saturated heterocycles. The predicted molar refractivity (Wildman–Crippen MR) is 58.4 cm³/mol. The van der Waals surface area contributed by atoms with E-state index in [1.54, 1.807) is 6.92 Å². The number of hydrogen-bond acceptors (Lipinski definition) is 6. The van der Waals surface area contributed by atoms with E-state index in [2.05, 4.69) is 9.72 Å². The monoisotopic (exact) mass is 241 g/mol. The van der Waals surface area contributed by atoms with Crippen LogP contribution in [0.15, 0.2) is 18.3 Å². The highest BCUT2D eigenvalue weighted by Crippen LogP contribution is 2.18. The van der Waals surface area contributed by atoms with Gasteiger partial charge in [-0.25, -0.2) is 9.78 Å². The lowest BCUT2D eigenvalue weighted by molar-refractivity contribution is -0.159. The van der Waals surface area contributed by atoms with E-state index in [9.17, 15) is 15.0 Å². The van der Waals surface area contributed by atoms with Crippen molar-refractivity contribution in [3.8, 4) is 5.88 Å². The van der Waals surface area contributed by atoms with Gasteiger partial charge < -0.3 is 19.7 Å². The maximum atomic E-state index is 11.2. The third-order valence-corrected chi connectivity index (χ3v) is 2.14. The lowest BCUT2D eigenvalue weighted by Gasteiger charge is -2.16. The Balaban J connectivity index is 2.73. The number of aliphatic hydroxyl groups excluding tert-OH is 2.